The molecule has 0 saturated heterocycles. The molecule has 30 heavy (non-hydrogen) atoms. The van der Waals surface area contributed by atoms with Crippen LogP contribution in [0.4, 0.5) is 0 Å². The highest BCUT2D eigenvalue weighted by molar-refractivity contribution is 6.74. The standard InChI is InChI=1S/C26H40O3Si/c1-9-11-24-23(20(3)17-25(24)27)15-14-22(29-30(7,8)26(4,5)6)18-28-21-13-10-12-19(2)16-21/h9-10,12-16,20,22-24H,1,11,17-18H2,2-8H3/b15-14+/t20-,22-,23+,24-/m1/s1. The number of ketones is 1. The topological polar surface area (TPSA) is 35.5 Å². The molecule has 0 bridgehead atoms. The van der Waals surface area contributed by atoms with Gasteiger partial charge in [-0.15, -0.1) is 6.58 Å². The Labute approximate surface area is 184 Å². The summed E-state index contributed by atoms with van der Waals surface area (Å²) >= 11 is 0. The molecule has 2 rings (SSSR count). The molecule has 1 aliphatic rings. The molecule has 0 aliphatic heterocycles. The van der Waals surface area contributed by atoms with Crippen molar-refractivity contribution in [3.05, 3.63) is 54.6 Å². The second-order valence-corrected chi connectivity index (χ2v) is 15.0. The normalized spacial score (nSPS) is 23.7. The van der Waals surface area contributed by atoms with Crippen molar-refractivity contribution in [1.29, 1.82) is 0 Å². The molecule has 0 amide bonds. The third kappa shape index (κ3) is 6.42. The summed E-state index contributed by atoms with van der Waals surface area (Å²) in [5.74, 6) is 1.85. The molecule has 1 aromatic rings. The minimum absolute atomic E-state index is 0.0416. The van der Waals surface area contributed by atoms with Crippen LogP contribution < -0.4 is 4.74 Å². The van der Waals surface area contributed by atoms with E-state index in [1.807, 2.05) is 24.3 Å². The highest BCUT2D eigenvalue weighted by atomic mass is 28.4. The van der Waals surface area contributed by atoms with Gasteiger partial charge >= 0.3 is 0 Å². The fraction of sp³-hybridized carbons (Fsp3) is 0.577. The third-order valence-electron chi connectivity index (χ3n) is 6.68. The number of hydrogen-bond acceptors (Lipinski definition) is 3. The monoisotopic (exact) mass is 428 g/mol. The Morgan fingerprint density at radius 3 is 2.60 bits per heavy atom. The van der Waals surface area contributed by atoms with Gasteiger partial charge < -0.3 is 9.16 Å². The Kier molecular flexibility index (Phi) is 8.29. The molecule has 4 atom stereocenters. The molecule has 0 N–H and O–H groups in total. The van der Waals surface area contributed by atoms with E-state index in [2.05, 4.69) is 72.5 Å². The van der Waals surface area contributed by atoms with E-state index in [0.29, 0.717) is 24.7 Å². The van der Waals surface area contributed by atoms with Gasteiger partial charge in [0.2, 0.25) is 0 Å². The molecule has 0 aromatic heterocycles. The molecule has 4 heteroatoms. The lowest BCUT2D eigenvalue weighted by molar-refractivity contribution is -0.121. The Morgan fingerprint density at radius 2 is 2.00 bits per heavy atom. The molecule has 1 fully saturated rings. The quantitative estimate of drug-likeness (QED) is 0.323. The zero-order chi connectivity index (χ0) is 22.5. The van der Waals surface area contributed by atoms with Gasteiger partial charge in [-0.05, 0) is 61.0 Å². The van der Waals surface area contributed by atoms with Crippen molar-refractivity contribution >= 4 is 14.1 Å². The van der Waals surface area contributed by atoms with Crippen molar-refractivity contribution in [3.63, 3.8) is 0 Å². The van der Waals surface area contributed by atoms with Crippen LogP contribution in [0.3, 0.4) is 0 Å². The average Bonchev–Trinajstić information content (AvgIpc) is 2.90. The van der Waals surface area contributed by atoms with E-state index >= 15 is 0 Å². The molecule has 0 heterocycles. The van der Waals surface area contributed by atoms with E-state index in [-0.39, 0.29) is 23.0 Å². The van der Waals surface area contributed by atoms with Crippen molar-refractivity contribution in [3.8, 4) is 5.75 Å². The Hall–Kier alpha value is -1.65. The van der Waals surface area contributed by atoms with Crippen molar-refractivity contribution in [2.45, 2.75) is 71.7 Å². The van der Waals surface area contributed by atoms with Crippen LogP contribution in [-0.4, -0.2) is 26.8 Å². The van der Waals surface area contributed by atoms with Gasteiger partial charge in [-0.3, -0.25) is 4.79 Å². The smallest absolute Gasteiger partial charge is 0.193 e. The predicted octanol–water partition coefficient (Wildman–Crippen LogP) is 6.74. The third-order valence-corrected chi connectivity index (χ3v) is 11.2. The summed E-state index contributed by atoms with van der Waals surface area (Å²) in [6.07, 6.45) is 7.48. The van der Waals surface area contributed by atoms with Crippen molar-refractivity contribution in [2.24, 2.45) is 17.8 Å². The first-order valence-electron chi connectivity index (χ1n) is 11.1. The van der Waals surface area contributed by atoms with Gasteiger partial charge in [-0.1, -0.05) is 58.1 Å². The SMILES string of the molecule is C=CC[C@H]1C(=O)C[C@@H](C)[C@@H]1/C=C/[C@H](COc1cccc(C)c1)O[Si](C)(C)C(C)(C)C. The van der Waals surface area contributed by atoms with Crippen LogP contribution in [0.5, 0.6) is 5.75 Å². The number of Topliss-reactive ketones (excluding diaryl/α,β-unsaturated/α-hetero) is 1. The molecular weight excluding hydrogens is 388 g/mol. The van der Waals surface area contributed by atoms with Crippen LogP contribution >= 0.6 is 0 Å². The number of benzene rings is 1. The summed E-state index contributed by atoms with van der Waals surface area (Å²) in [6, 6.07) is 8.10. The molecule has 1 aromatic carbocycles. The predicted molar refractivity (Wildman–Crippen MR) is 128 cm³/mol. The van der Waals surface area contributed by atoms with Gasteiger partial charge in [0.15, 0.2) is 8.32 Å². The summed E-state index contributed by atoms with van der Waals surface area (Å²) in [6.45, 7) is 19.8. The maximum Gasteiger partial charge on any atom is 0.193 e. The van der Waals surface area contributed by atoms with E-state index < -0.39 is 8.32 Å². The zero-order valence-corrected chi connectivity index (χ0v) is 20.9. The van der Waals surface area contributed by atoms with E-state index in [1.165, 1.54) is 5.56 Å². The number of carbonyl (C=O) groups is 1. The van der Waals surface area contributed by atoms with Gasteiger partial charge in [-0.25, -0.2) is 0 Å². The highest BCUT2D eigenvalue weighted by Gasteiger charge is 2.40. The number of rotatable bonds is 9. The highest BCUT2D eigenvalue weighted by Crippen LogP contribution is 2.39. The van der Waals surface area contributed by atoms with Gasteiger partial charge in [0.05, 0.1) is 6.10 Å². The average molecular weight is 429 g/mol. The minimum atomic E-state index is -1.97. The first kappa shape index (κ1) is 24.6. The Bertz CT molecular complexity index is 760. The molecule has 0 spiro atoms. The van der Waals surface area contributed by atoms with Gasteiger partial charge in [0, 0.05) is 12.3 Å². The largest absolute Gasteiger partial charge is 0.491 e. The molecule has 1 saturated carbocycles. The van der Waals surface area contributed by atoms with Crippen LogP contribution in [0.1, 0.15) is 46.1 Å². The van der Waals surface area contributed by atoms with Crippen LogP contribution in [0.2, 0.25) is 18.1 Å². The fourth-order valence-corrected chi connectivity index (χ4v) is 5.08. The summed E-state index contributed by atoms with van der Waals surface area (Å²) < 4.78 is 12.8. The zero-order valence-electron chi connectivity index (χ0n) is 19.9. The molecule has 0 radical (unpaired) electrons. The van der Waals surface area contributed by atoms with Crippen molar-refractivity contribution in [1.82, 2.24) is 0 Å². The maximum absolute atomic E-state index is 12.4. The van der Waals surface area contributed by atoms with E-state index in [4.69, 9.17) is 9.16 Å². The lowest BCUT2D eigenvalue weighted by Gasteiger charge is -2.38. The van der Waals surface area contributed by atoms with Crippen LogP contribution in [-0.2, 0) is 9.22 Å². The van der Waals surface area contributed by atoms with Crippen LogP contribution in [0.15, 0.2) is 49.1 Å². The van der Waals surface area contributed by atoms with Crippen LogP contribution in [0.25, 0.3) is 0 Å². The maximum atomic E-state index is 12.4. The number of ether oxygens (including phenoxy) is 1. The lowest BCUT2D eigenvalue weighted by atomic mass is 9.87. The Balaban J connectivity index is 2.20. The number of hydrogen-bond donors (Lipinski definition) is 0. The minimum Gasteiger partial charge on any atom is -0.491 e. The van der Waals surface area contributed by atoms with Crippen molar-refractivity contribution < 1.29 is 14.0 Å². The van der Waals surface area contributed by atoms with Gasteiger partial charge in [0.1, 0.15) is 18.1 Å². The lowest BCUT2D eigenvalue weighted by Crippen LogP contribution is -2.45. The summed E-state index contributed by atoms with van der Waals surface area (Å²) in [4.78, 5) is 12.4. The molecule has 3 nitrogen and oxygen atoms in total. The van der Waals surface area contributed by atoms with Gasteiger partial charge in [-0.2, -0.15) is 0 Å². The first-order chi connectivity index (χ1) is 13.9. The number of allylic oxidation sites excluding steroid dienone is 2. The summed E-state index contributed by atoms with van der Waals surface area (Å²) in [7, 11) is -1.97. The molecular formula is C26H40O3Si. The van der Waals surface area contributed by atoms with E-state index in [0.717, 1.165) is 12.2 Å². The second-order valence-electron chi connectivity index (χ2n) is 10.3. The number of carbonyl (C=O) groups excluding carboxylic acids is 1. The molecule has 166 valence electrons. The first-order valence-corrected chi connectivity index (χ1v) is 14.0. The van der Waals surface area contributed by atoms with Crippen molar-refractivity contribution in [2.75, 3.05) is 6.61 Å². The van der Waals surface area contributed by atoms with E-state index in [1.54, 1.807) is 0 Å². The Morgan fingerprint density at radius 1 is 1.30 bits per heavy atom. The molecule has 0 unspecified atom stereocenters. The summed E-state index contributed by atoms with van der Waals surface area (Å²) in [5.41, 5.74) is 1.18. The molecule has 1 aliphatic carbocycles. The van der Waals surface area contributed by atoms with Crippen LogP contribution in [0, 0.1) is 24.7 Å². The summed E-state index contributed by atoms with van der Waals surface area (Å²) in [5, 5.41) is 0.115. The second kappa shape index (κ2) is 10.1. The number of aryl methyl sites for hydroxylation is 1. The van der Waals surface area contributed by atoms with E-state index in [9.17, 15) is 4.79 Å². The fourth-order valence-electron chi connectivity index (χ4n) is 3.83. The van der Waals surface area contributed by atoms with Gasteiger partial charge in [0.25, 0.3) is 0 Å².